The number of amides is 3. The molecule has 2 atom stereocenters. The number of nitrogens with one attached hydrogen (secondary N) is 1. The predicted octanol–water partition coefficient (Wildman–Crippen LogP) is 0.883. The second-order valence-electron chi connectivity index (χ2n) is 9.66. The minimum atomic E-state index is -0.560. The number of carbonyl (C=O) groups is 3. The molecule has 0 spiro atoms. The van der Waals surface area contributed by atoms with Gasteiger partial charge in [0.05, 0.1) is 6.04 Å². The summed E-state index contributed by atoms with van der Waals surface area (Å²) >= 11 is 0. The van der Waals surface area contributed by atoms with Crippen LogP contribution in [0.5, 0.6) is 0 Å². The van der Waals surface area contributed by atoms with E-state index in [1.165, 1.54) is 7.11 Å². The number of hydrogen-bond acceptors (Lipinski definition) is 5. The standard InChI is InChI=1S/C22H38N4O4/c1-14(2)11-25(22(29)15-4-5-15)18-10-19(26(12-18)20(27)13-30-3)21(28)24-17-8-6-16(23)7-9-17/h14-19H,4-13,23H2,1-3H3,(H,24,28). The highest BCUT2D eigenvalue weighted by Crippen LogP contribution is 2.34. The third-order valence-electron chi connectivity index (χ3n) is 6.50. The third-order valence-corrected chi connectivity index (χ3v) is 6.50. The van der Waals surface area contributed by atoms with Crippen LogP contribution in [0.1, 0.15) is 58.8 Å². The molecule has 8 nitrogen and oxygen atoms in total. The van der Waals surface area contributed by atoms with E-state index in [-0.39, 0.29) is 48.4 Å². The Labute approximate surface area is 179 Å². The number of hydrogen-bond donors (Lipinski definition) is 2. The molecule has 8 heteroatoms. The molecule has 1 aliphatic heterocycles. The average molecular weight is 423 g/mol. The molecule has 170 valence electrons. The largest absolute Gasteiger partial charge is 0.375 e. The van der Waals surface area contributed by atoms with E-state index in [0.717, 1.165) is 38.5 Å². The summed E-state index contributed by atoms with van der Waals surface area (Å²) in [6.07, 6.45) is 5.92. The summed E-state index contributed by atoms with van der Waals surface area (Å²) in [5.74, 6) is 0.302. The van der Waals surface area contributed by atoms with Crippen molar-refractivity contribution >= 4 is 17.7 Å². The van der Waals surface area contributed by atoms with E-state index >= 15 is 0 Å². The van der Waals surface area contributed by atoms with Gasteiger partial charge in [-0.25, -0.2) is 0 Å². The lowest BCUT2D eigenvalue weighted by Crippen LogP contribution is -2.50. The first-order chi connectivity index (χ1) is 14.3. The molecule has 1 heterocycles. The predicted molar refractivity (Wildman–Crippen MR) is 113 cm³/mol. The number of rotatable bonds is 8. The summed E-state index contributed by atoms with van der Waals surface area (Å²) in [5.41, 5.74) is 5.98. The Morgan fingerprint density at radius 3 is 2.37 bits per heavy atom. The van der Waals surface area contributed by atoms with Gasteiger partial charge in [0.2, 0.25) is 17.7 Å². The fourth-order valence-electron chi connectivity index (χ4n) is 4.71. The van der Waals surface area contributed by atoms with Crippen LogP contribution in [0.15, 0.2) is 0 Å². The zero-order valence-electron chi connectivity index (χ0n) is 18.6. The number of ether oxygens (including phenoxy) is 1. The van der Waals surface area contributed by atoms with Crippen molar-refractivity contribution in [1.29, 1.82) is 0 Å². The van der Waals surface area contributed by atoms with Crippen LogP contribution in [0.4, 0.5) is 0 Å². The molecular formula is C22H38N4O4. The second-order valence-corrected chi connectivity index (χ2v) is 9.66. The van der Waals surface area contributed by atoms with Gasteiger partial charge in [0.25, 0.3) is 0 Å². The van der Waals surface area contributed by atoms with Gasteiger partial charge < -0.3 is 25.6 Å². The maximum absolute atomic E-state index is 13.1. The highest BCUT2D eigenvalue weighted by molar-refractivity contribution is 5.89. The van der Waals surface area contributed by atoms with Crippen molar-refractivity contribution in [1.82, 2.24) is 15.1 Å². The summed E-state index contributed by atoms with van der Waals surface area (Å²) < 4.78 is 5.04. The van der Waals surface area contributed by atoms with Crippen LogP contribution in [0.25, 0.3) is 0 Å². The van der Waals surface area contributed by atoms with Crippen LogP contribution < -0.4 is 11.1 Å². The number of likely N-dealkylation sites (tertiary alicyclic amines) is 1. The highest BCUT2D eigenvalue weighted by atomic mass is 16.5. The molecule has 2 saturated carbocycles. The Kier molecular flexibility index (Phi) is 7.74. The lowest BCUT2D eigenvalue weighted by atomic mass is 9.91. The zero-order valence-corrected chi connectivity index (χ0v) is 18.6. The SMILES string of the molecule is COCC(=O)N1CC(N(CC(C)C)C(=O)C2CC2)CC1C(=O)NC1CCC(N)CC1. The molecule has 3 amide bonds. The molecule has 0 aromatic heterocycles. The molecule has 3 aliphatic rings. The number of carbonyl (C=O) groups excluding carboxylic acids is 3. The van der Waals surface area contributed by atoms with Crippen LogP contribution >= 0.6 is 0 Å². The van der Waals surface area contributed by atoms with Gasteiger partial charge in [-0.1, -0.05) is 13.8 Å². The maximum Gasteiger partial charge on any atom is 0.249 e. The normalized spacial score (nSPS) is 29.2. The van der Waals surface area contributed by atoms with Gasteiger partial charge in [0.15, 0.2) is 0 Å². The minimum absolute atomic E-state index is 0.0600. The van der Waals surface area contributed by atoms with Crippen molar-refractivity contribution in [2.75, 3.05) is 26.8 Å². The van der Waals surface area contributed by atoms with Crippen molar-refractivity contribution < 1.29 is 19.1 Å². The first-order valence-electron chi connectivity index (χ1n) is 11.4. The number of nitrogens with zero attached hydrogens (tertiary/aromatic N) is 2. The van der Waals surface area contributed by atoms with Gasteiger partial charge in [-0.2, -0.15) is 0 Å². The van der Waals surface area contributed by atoms with Crippen molar-refractivity contribution in [2.24, 2.45) is 17.6 Å². The molecule has 0 aromatic carbocycles. The first-order valence-corrected chi connectivity index (χ1v) is 11.4. The molecule has 0 aromatic rings. The number of nitrogens with two attached hydrogens (primary N) is 1. The van der Waals surface area contributed by atoms with Gasteiger partial charge in [0.1, 0.15) is 12.6 Å². The van der Waals surface area contributed by atoms with Crippen LogP contribution in [0, 0.1) is 11.8 Å². The lowest BCUT2D eigenvalue weighted by Gasteiger charge is -2.30. The van der Waals surface area contributed by atoms with E-state index in [1.807, 2.05) is 4.90 Å². The molecule has 30 heavy (non-hydrogen) atoms. The molecule has 0 bridgehead atoms. The Bertz CT molecular complexity index is 629. The maximum atomic E-state index is 13.1. The van der Waals surface area contributed by atoms with Crippen LogP contribution in [0.3, 0.4) is 0 Å². The summed E-state index contributed by atoms with van der Waals surface area (Å²) in [5, 5.41) is 3.14. The second kappa shape index (κ2) is 10.1. The van der Waals surface area contributed by atoms with Crippen LogP contribution in [-0.2, 0) is 19.1 Å². The van der Waals surface area contributed by atoms with Crippen molar-refractivity contribution in [3.63, 3.8) is 0 Å². The summed E-state index contributed by atoms with van der Waals surface area (Å²) in [6.45, 7) is 5.17. The zero-order chi connectivity index (χ0) is 21.8. The topological polar surface area (TPSA) is 105 Å². The van der Waals surface area contributed by atoms with E-state index in [2.05, 4.69) is 19.2 Å². The monoisotopic (exact) mass is 422 g/mol. The molecule has 1 saturated heterocycles. The van der Waals surface area contributed by atoms with E-state index in [1.54, 1.807) is 4.90 Å². The molecule has 3 rings (SSSR count). The van der Waals surface area contributed by atoms with Gasteiger partial charge in [0, 0.05) is 38.2 Å². The Morgan fingerprint density at radius 2 is 1.80 bits per heavy atom. The third kappa shape index (κ3) is 5.72. The van der Waals surface area contributed by atoms with E-state index < -0.39 is 6.04 Å². The Balaban J connectivity index is 1.71. The van der Waals surface area contributed by atoms with Crippen molar-refractivity contribution in [3.8, 4) is 0 Å². The molecule has 2 aliphatic carbocycles. The van der Waals surface area contributed by atoms with Crippen LogP contribution in [0.2, 0.25) is 0 Å². The van der Waals surface area contributed by atoms with E-state index in [0.29, 0.717) is 25.4 Å². The van der Waals surface area contributed by atoms with Gasteiger partial charge in [-0.3, -0.25) is 14.4 Å². The number of methoxy groups -OCH3 is 1. The summed E-state index contributed by atoms with van der Waals surface area (Å²) in [4.78, 5) is 42.3. The molecule has 3 N–H and O–H groups in total. The molecule has 0 radical (unpaired) electrons. The lowest BCUT2D eigenvalue weighted by molar-refractivity contribution is -0.142. The van der Waals surface area contributed by atoms with Gasteiger partial charge in [-0.15, -0.1) is 0 Å². The minimum Gasteiger partial charge on any atom is -0.375 e. The average Bonchev–Trinajstić information content (AvgIpc) is 3.45. The quantitative estimate of drug-likeness (QED) is 0.604. The smallest absolute Gasteiger partial charge is 0.249 e. The fraction of sp³-hybridized carbons (Fsp3) is 0.864. The molecule has 2 unspecified atom stereocenters. The fourth-order valence-corrected chi connectivity index (χ4v) is 4.71. The molecule has 3 fully saturated rings. The van der Waals surface area contributed by atoms with Gasteiger partial charge >= 0.3 is 0 Å². The summed E-state index contributed by atoms with van der Waals surface area (Å²) in [7, 11) is 1.48. The van der Waals surface area contributed by atoms with Crippen molar-refractivity contribution in [2.45, 2.75) is 83.0 Å². The van der Waals surface area contributed by atoms with E-state index in [4.69, 9.17) is 10.5 Å². The molecular weight excluding hydrogens is 384 g/mol. The van der Waals surface area contributed by atoms with Gasteiger partial charge in [-0.05, 0) is 50.9 Å². The first kappa shape index (κ1) is 23.0. The highest BCUT2D eigenvalue weighted by Gasteiger charge is 2.45. The van der Waals surface area contributed by atoms with E-state index in [9.17, 15) is 14.4 Å². The Hall–Kier alpha value is -1.67. The van der Waals surface area contributed by atoms with Crippen molar-refractivity contribution in [3.05, 3.63) is 0 Å². The van der Waals surface area contributed by atoms with Crippen LogP contribution in [-0.4, -0.2) is 78.5 Å². The Morgan fingerprint density at radius 1 is 1.13 bits per heavy atom. The summed E-state index contributed by atoms with van der Waals surface area (Å²) in [6, 6.07) is -0.367.